The average Bonchev–Trinajstić information content (AvgIpc) is 2.66. The van der Waals surface area contributed by atoms with E-state index in [-0.39, 0.29) is 12.1 Å². The minimum Gasteiger partial charge on any atom is -0.345 e. The Hall–Kier alpha value is -0.380. The molecule has 0 spiro atoms. The van der Waals surface area contributed by atoms with Gasteiger partial charge in [0.1, 0.15) is 6.16 Å². The predicted octanol–water partition coefficient (Wildman–Crippen LogP) is 6.41. The van der Waals surface area contributed by atoms with E-state index < -0.39 is 7.60 Å². The molecule has 0 heterocycles. The minimum absolute atomic E-state index is 0.150. The van der Waals surface area contributed by atoms with Crippen molar-refractivity contribution >= 4 is 13.5 Å². The molecule has 0 unspecified atom stereocenters. The highest BCUT2D eigenvalue weighted by Gasteiger charge is 2.29. The molecule has 1 amide bonds. The van der Waals surface area contributed by atoms with Gasteiger partial charge in [-0.05, 0) is 19.8 Å². The van der Waals surface area contributed by atoms with Crippen LogP contribution in [0.15, 0.2) is 0 Å². The number of rotatable bonds is 19. The lowest BCUT2D eigenvalue weighted by atomic mass is 10.1. The zero-order chi connectivity index (χ0) is 20.4. The van der Waals surface area contributed by atoms with Crippen molar-refractivity contribution in [3.63, 3.8) is 0 Å². The number of amides is 1. The second-order valence-corrected chi connectivity index (χ2v) is 9.43. The number of hydrogen-bond acceptors (Lipinski definition) is 4. The first-order valence-electron chi connectivity index (χ1n) is 11.1. The summed E-state index contributed by atoms with van der Waals surface area (Å²) < 4.78 is 24.3. The van der Waals surface area contributed by atoms with E-state index in [0.717, 1.165) is 25.7 Å². The van der Waals surface area contributed by atoms with Crippen molar-refractivity contribution in [1.29, 1.82) is 0 Å². The van der Waals surface area contributed by atoms with Crippen LogP contribution in [0.1, 0.15) is 97.8 Å². The number of carbonyl (C=O) groups excluding carboxylic acids is 1. The van der Waals surface area contributed by atoms with Crippen LogP contribution in [-0.4, -0.2) is 43.8 Å². The van der Waals surface area contributed by atoms with Crippen LogP contribution in [0.25, 0.3) is 0 Å². The van der Waals surface area contributed by atoms with Gasteiger partial charge in [0.15, 0.2) is 0 Å². The highest BCUT2D eigenvalue weighted by molar-refractivity contribution is 7.54. The molecule has 0 aliphatic rings. The fourth-order valence-corrected chi connectivity index (χ4v) is 4.41. The molecule has 0 bridgehead atoms. The van der Waals surface area contributed by atoms with Crippen LogP contribution < -0.4 is 0 Å². The second-order valence-electron chi connectivity index (χ2n) is 7.38. The standard InChI is InChI=1S/C21H44NO4P/c1-5-8-10-12-14-16-18-25-27(24,20-21(23)22(4)7-3)26-19-17-15-13-11-9-6-2/h5-20H2,1-4H3. The van der Waals surface area contributed by atoms with E-state index >= 15 is 0 Å². The van der Waals surface area contributed by atoms with Crippen LogP contribution in [-0.2, 0) is 18.4 Å². The Balaban J connectivity index is 4.28. The van der Waals surface area contributed by atoms with E-state index in [1.807, 2.05) is 6.92 Å². The monoisotopic (exact) mass is 405 g/mol. The Kier molecular flexibility index (Phi) is 17.5. The summed E-state index contributed by atoms with van der Waals surface area (Å²) in [5, 5.41) is 0. The molecular formula is C21H44NO4P. The maximum Gasteiger partial charge on any atom is 0.340 e. The lowest BCUT2D eigenvalue weighted by molar-refractivity contribution is -0.127. The van der Waals surface area contributed by atoms with Crippen molar-refractivity contribution < 1.29 is 18.4 Å². The van der Waals surface area contributed by atoms with Gasteiger partial charge in [0.05, 0.1) is 13.2 Å². The number of carbonyl (C=O) groups is 1. The predicted molar refractivity (Wildman–Crippen MR) is 114 cm³/mol. The smallest absolute Gasteiger partial charge is 0.340 e. The SMILES string of the molecule is CCCCCCCCOP(=O)(CC(=O)N(C)CC)OCCCCCCCC. The summed E-state index contributed by atoms with van der Waals surface area (Å²) in [5.41, 5.74) is 0. The van der Waals surface area contributed by atoms with Crippen LogP contribution >= 0.6 is 7.60 Å². The molecule has 0 aromatic rings. The quantitative estimate of drug-likeness (QED) is 0.184. The van der Waals surface area contributed by atoms with Gasteiger partial charge in [-0.3, -0.25) is 9.36 Å². The summed E-state index contributed by atoms with van der Waals surface area (Å²) in [4.78, 5) is 13.8. The van der Waals surface area contributed by atoms with Crippen LogP contribution in [0.5, 0.6) is 0 Å². The molecule has 27 heavy (non-hydrogen) atoms. The van der Waals surface area contributed by atoms with E-state index in [4.69, 9.17) is 9.05 Å². The topological polar surface area (TPSA) is 55.8 Å². The molecule has 162 valence electrons. The summed E-state index contributed by atoms with van der Waals surface area (Å²) in [6.45, 7) is 7.70. The van der Waals surface area contributed by atoms with Crippen molar-refractivity contribution in [3.05, 3.63) is 0 Å². The normalized spacial score (nSPS) is 11.7. The summed E-state index contributed by atoms with van der Waals surface area (Å²) >= 11 is 0. The minimum atomic E-state index is -3.36. The number of hydrogen-bond donors (Lipinski definition) is 0. The van der Waals surface area contributed by atoms with Crippen molar-refractivity contribution in [2.75, 3.05) is 33.0 Å². The van der Waals surface area contributed by atoms with Crippen LogP contribution in [0, 0.1) is 0 Å². The molecule has 0 aliphatic carbocycles. The maximum atomic E-state index is 13.0. The lowest BCUT2D eigenvalue weighted by Crippen LogP contribution is -2.29. The Labute approximate surface area is 168 Å². The molecule has 0 saturated carbocycles. The Morgan fingerprint density at radius 3 is 1.56 bits per heavy atom. The Bertz CT molecular complexity index is 382. The molecule has 6 heteroatoms. The Morgan fingerprint density at radius 1 is 0.741 bits per heavy atom. The molecule has 0 saturated heterocycles. The zero-order valence-electron chi connectivity index (χ0n) is 18.3. The molecular weight excluding hydrogens is 361 g/mol. The van der Waals surface area contributed by atoms with Gasteiger partial charge in [-0.25, -0.2) is 0 Å². The molecule has 0 aliphatic heterocycles. The van der Waals surface area contributed by atoms with E-state index in [1.54, 1.807) is 11.9 Å². The fourth-order valence-electron chi connectivity index (χ4n) is 2.76. The summed E-state index contributed by atoms with van der Waals surface area (Å²) in [7, 11) is -1.64. The summed E-state index contributed by atoms with van der Waals surface area (Å²) in [6, 6.07) is 0. The van der Waals surface area contributed by atoms with E-state index in [1.165, 1.54) is 51.4 Å². The summed E-state index contributed by atoms with van der Waals surface area (Å²) in [6.07, 6.45) is 13.5. The first-order valence-corrected chi connectivity index (χ1v) is 12.8. The van der Waals surface area contributed by atoms with E-state index in [9.17, 15) is 9.36 Å². The molecule has 0 atom stereocenters. The van der Waals surface area contributed by atoms with Gasteiger partial charge in [-0.15, -0.1) is 0 Å². The molecule has 5 nitrogen and oxygen atoms in total. The van der Waals surface area contributed by atoms with Gasteiger partial charge in [0.25, 0.3) is 0 Å². The van der Waals surface area contributed by atoms with Crippen molar-refractivity contribution in [2.24, 2.45) is 0 Å². The number of unbranched alkanes of at least 4 members (excludes halogenated alkanes) is 10. The molecule has 0 aromatic heterocycles. The van der Waals surface area contributed by atoms with Gasteiger partial charge in [0, 0.05) is 13.6 Å². The van der Waals surface area contributed by atoms with Crippen molar-refractivity contribution in [1.82, 2.24) is 4.90 Å². The fraction of sp³-hybridized carbons (Fsp3) is 0.952. The largest absolute Gasteiger partial charge is 0.345 e. The first-order chi connectivity index (χ1) is 13.0. The van der Waals surface area contributed by atoms with Crippen LogP contribution in [0.4, 0.5) is 0 Å². The molecule has 0 rings (SSSR count). The lowest BCUT2D eigenvalue weighted by Gasteiger charge is -2.21. The zero-order valence-corrected chi connectivity index (χ0v) is 19.2. The second kappa shape index (κ2) is 17.7. The maximum absolute atomic E-state index is 13.0. The van der Waals surface area contributed by atoms with Gasteiger partial charge in [-0.1, -0.05) is 78.1 Å². The summed E-state index contributed by atoms with van der Waals surface area (Å²) in [5.74, 6) is -0.174. The third-order valence-electron chi connectivity index (χ3n) is 4.80. The third kappa shape index (κ3) is 15.2. The van der Waals surface area contributed by atoms with E-state index in [0.29, 0.717) is 19.8 Å². The van der Waals surface area contributed by atoms with Crippen LogP contribution in [0.2, 0.25) is 0 Å². The highest BCUT2D eigenvalue weighted by atomic mass is 31.2. The molecule has 0 fully saturated rings. The first kappa shape index (κ1) is 26.6. The molecule has 0 N–H and O–H groups in total. The third-order valence-corrected chi connectivity index (χ3v) is 6.61. The van der Waals surface area contributed by atoms with Crippen LogP contribution in [0.3, 0.4) is 0 Å². The van der Waals surface area contributed by atoms with Gasteiger partial charge < -0.3 is 13.9 Å². The van der Waals surface area contributed by atoms with Gasteiger partial charge in [-0.2, -0.15) is 0 Å². The highest BCUT2D eigenvalue weighted by Crippen LogP contribution is 2.48. The van der Waals surface area contributed by atoms with Crippen molar-refractivity contribution in [3.8, 4) is 0 Å². The average molecular weight is 406 g/mol. The van der Waals surface area contributed by atoms with Crippen molar-refractivity contribution in [2.45, 2.75) is 97.8 Å². The molecule has 0 radical (unpaired) electrons. The van der Waals surface area contributed by atoms with Gasteiger partial charge >= 0.3 is 7.60 Å². The molecule has 0 aromatic carbocycles. The Morgan fingerprint density at radius 2 is 1.15 bits per heavy atom. The number of nitrogens with zero attached hydrogens (tertiary/aromatic N) is 1. The van der Waals surface area contributed by atoms with E-state index in [2.05, 4.69) is 13.8 Å². The van der Waals surface area contributed by atoms with Gasteiger partial charge in [0.2, 0.25) is 5.91 Å².